The molecule has 0 aliphatic carbocycles. The highest BCUT2D eigenvalue weighted by molar-refractivity contribution is 6.10. The van der Waals surface area contributed by atoms with E-state index in [-0.39, 0.29) is 0 Å². The minimum Gasteiger partial charge on any atom is -0.194 e. The van der Waals surface area contributed by atoms with Gasteiger partial charge in [0.15, 0.2) is 0 Å². The third-order valence-corrected chi connectivity index (χ3v) is 5.46. The maximum Gasteiger partial charge on any atom is 0.220 e. The average molecular weight is 326 g/mol. The molecule has 0 saturated carbocycles. The zero-order valence-corrected chi connectivity index (χ0v) is 15.6. The minimum atomic E-state index is 1.28. The van der Waals surface area contributed by atoms with Crippen LogP contribution in [0.2, 0.25) is 0 Å². The van der Waals surface area contributed by atoms with Gasteiger partial charge >= 0.3 is 0 Å². The van der Waals surface area contributed by atoms with Gasteiger partial charge in [0, 0.05) is 11.5 Å². The third kappa shape index (κ3) is 2.34. The molecule has 0 amide bonds. The number of pyridine rings is 1. The van der Waals surface area contributed by atoms with E-state index in [1.807, 2.05) is 0 Å². The van der Waals surface area contributed by atoms with Crippen molar-refractivity contribution in [1.29, 1.82) is 0 Å². The van der Waals surface area contributed by atoms with Crippen LogP contribution in [0.5, 0.6) is 0 Å². The number of fused-ring (bicyclic) bond motifs is 3. The van der Waals surface area contributed by atoms with E-state index in [1.165, 1.54) is 55.2 Å². The van der Waals surface area contributed by atoms with E-state index in [2.05, 4.69) is 93.9 Å². The van der Waals surface area contributed by atoms with Crippen molar-refractivity contribution in [2.24, 2.45) is 7.05 Å². The molecule has 1 heterocycles. The van der Waals surface area contributed by atoms with Gasteiger partial charge in [0.1, 0.15) is 7.05 Å². The highest BCUT2D eigenvalue weighted by atomic mass is 14.9. The molecule has 0 unspecified atom stereocenters. The fourth-order valence-corrected chi connectivity index (χ4v) is 4.11. The summed E-state index contributed by atoms with van der Waals surface area (Å²) in [5.74, 6) is 0. The highest BCUT2D eigenvalue weighted by Crippen LogP contribution is 2.35. The van der Waals surface area contributed by atoms with E-state index in [0.717, 1.165) is 0 Å². The number of para-hydroxylation sites is 1. The molecule has 0 radical (unpaired) electrons. The Morgan fingerprint density at radius 3 is 2.24 bits per heavy atom. The van der Waals surface area contributed by atoms with Gasteiger partial charge in [-0.15, -0.1) is 0 Å². The van der Waals surface area contributed by atoms with Gasteiger partial charge in [-0.3, -0.25) is 0 Å². The molecule has 1 nitrogen and oxygen atoms in total. The van der Waals surface area contributed by atoms with Crippen LogP contribution in [-0.2, 0) is 7.05 Å². The lowest BCUT2D eigenvalue weighted by Gasteiger charge is -2.14. The maximum absolute atomic E-state index is 2.36. The zero-order chi connectivity index (χ0) is 17.7. The number of aromatic nitrogens is 1. The van der Waals surface area contributed by atoms with Crippen LogP contribution >= 0.6 is 0 Å². The van der Waals surface area contributed by atoms with Crippen LogP contribution < -0.4 is 4.57 Å². The van der Waals surface area contributed by atoms with Crippen molar-refractivity contribution in [3.8, 4) is 11.3 Å². The molecule has 25 heavy (non-hydrogen) atoms. The summed E-state index contributed by atoms with van der Waals surface area (Å²) in [7, 11) is 2.19. The summed E-state index contributed by atoms with van der Waals surface area (Å²) < 4.78 is 2.36. The third-order valence-electron chi connectivity index (χ3n) is 5.46. The van der Waals surface area contributed by atoms with Gasteiger partial charge in [0.05, 0.1) is 16.3 Å². The molecule has 0 bridgehead atoms. The summed E-state index contributed by atoms with van der Waals surface area (Å²) >= 11 is 0. The molecule has 3 aromatic carbocycles. The van der Waals surface area contributed by atoms with Gasteiger partial charge < -0.3 is 0 Å². The molecule has 0 aliphatic heterocycles. The lowest BCUT2D eigenvalue weighted by atomic mass is 9.92. The summed E-state index contributed by atoms with van der Waals surface area (Å²) in [6.45, 7) is 8.85. The van der Waals surface area contributed by atoms with Crippen LogP contribution in [0.25, 0.3) is 32.9 Å². The number of aryl methyl sites for hydroxylation is 4. The molecule has 0 N–H and O–H groups in total. The first-order valence-corrected chi connectivity index (χ1v) is 8.87. The number of benzene rings is 3. The summed E-state index contributed by atoms with van der Waals surface area (Å²) in [4.78, 5) is 0. The second-order valence-corrected chi connectivity index (χ2v) is 7.18. The largest absolute Gasteiger partial charge is 0.220 e. The van der Waals surface area contributed by atoms with Crippen LogP contribution in [0.15, 0.2) is 54.6 Å². The van der Waals surface area contributed by atoms with Gasteiger partial charge in [0.25, 0.3) is 0 Å². The maximum atomic E-state index is 2.36. The van der Waals surface area contributed by atoms with Crippen molar-refractivity contribution in [2.45, 2.75) is 27.7 Å². The highest BCUT2D eigenvalue weighted by Gasteiger charge is 2.23. The molecule has 0 spiro atoms. The summed E-state index contributed by atoms with van der Waals surface area (Å²) in [5, 5.41) is 4.02. The van der Waals surface area contributed by atoms with Crippen LogP contribution in [0, 0.1) is 27.7 Å². The van der Waals surface area contributed by atoms with E-state index in [0.29, 0.717) is 0 Å². The normalized spacial score (nSPS) is 11.4. The molecule has 0 saturated heterocycles. The van der Waals surface area contributed by atoms with Crippen molar-refractivity contribution in [3.63, 3.8) is 0 Å². The van der Waals surface area contributed by atoms with Crippen molar-refractivity contribution in [3.05, 3.63) is 76.9 Å². The first-order valence-electron chi connectivity index (χ1n) is 8.87. The van der Waals surface area contributed by atoms with Crippen LogP contribution in [0.3, 0.4) is 0 Å². The smallest absolute Gasteiger partial charge is 0.194 e. The van der Waals surface area contributed by atoms with E-state index >= 15 is 0 Å². The van der Waals surface area contributed by atoms with Gasteiger partial charge in [0.2, 0.25) is 11.2 Å². The lowest BCUT2D eigenvalue weighted by Crippen LogP contribution is -2.32. The molecule has 1 aromatic heterocycles. The van der Waals surface area contributed by atoms with Crippen molar-refractivity contribution >= 4 is 21.7 Å². The predicted molar refractivity (Wildman–Crippen MR) is 107 cm³/mol. The van der Waals surface area contributed by atoms with Gasteiger partial charge in [-0.25, -0.2) is 0 Å². The molecule has 4 aromatic rings. The fourth-order valence-electron chi connectivity index (χ4n) is 4.11. The van der Waals surface area contributed by atoms with Crippen molar-refractivity contribution in [2.75, 3.05) is 0 Å². The second-order valence-electron chi connectivity index (χ2n) is 7.18. The molecule has 124 valence electrons. The van der Waals surface area contributed by atoms with E-state index in [4.69, 9.17) is 0 Å². The lowest BCUT2D eigenvalue weighted by molar-refractivity contribution is -0.632. The number of rotatable bonds is 1. The quantitative estimate of drug-likeness (QED) is 0.311. The standard InChI is InChI=1S/C24H24N/c1-15-13-17(3)18(4)21(14-15)24-20-11-8-9-16(2)23(20)19-10-6-7-12-22(19)25(24)5/h6-14H,1-5H3/q+1. The minimum absolute atomic E-state index is 1.28. The first-order chi connectivity index (χ1) is 12.0. The average Bonchev–Trinajstić information content (AvgIpc) is 2.59. The topological polar surface area (TPSA) is 3.88 Å². The fraction of sp³-hybridized carbons (Fsp3) is 0.208. The SMILES string of the molecule is Cc1cc(C)c(C)c(-c2c3cccc(C)c3c3ccccc3[n+]2C)c1. The Bertz CT molecular complexity index is 1140. The van der Waals surface area contributed by atoms with E-state index in [9.17, 15) is 0 Å². The Morgan fingerprint density at radius 1 is 0.720 bits per heavy atom. The molecule has 0 aliphatic rings. The van der Waals surface area contributed by atoms with Crippen molar-refractivity contribution in [1.82, 2.24) is 0 Å². The number of hydrogen-bond donors (Lipinski definition) is 0. The Morgan fingerprint density at radius 2 is 1.44 bits per heavy atom. The Labute approximate surface area is 149 Å². The Kier molecular flexibility index (Phi) is 3.61. The second kappa shape index (κ2) is 5.70. The summed E-state index contributed by atoms with van der Waals surface area (Å²) in [6.07, 6.45) is 0. The Balaban J connectivity index is 2.29. The molecule has 0 fully saturated rings. The first kappa shape index (κ1) is 15.8. The number of hydrogen-bond acceptors (Lipinski definition) is 0. The van der Waals surface area contributed by atoms with Crippen LogP contribution in [0.1, 0.15) is 22.3 Å². The van der Waals surface area contributed by atoms with E-state index in [1.54, 1.807) is 0 Å². The van der Waals surface area contributed by atoms with E-state index < -0.39 is 0 Å². The molecular formula is C24H24N+. The predicted octanol–water partition coefficient (Wildman–Crippen LogP) is 5.72. The summed E-state index contributed by atoms with van der Waals surface area (Å²) in [6, 6.07) is 20.0. The monoisotopic (exact) mass is 326 g/mol. The number of nitrogens with zero attached hydrogens (tertiary/aromatic N) is 1. The van der Waals surface area contributed by atoms with Crippen molar-refractivity contribution < 1.29 is 4.57 Å². The summed E-state index contributed by atoms with van der Waals surface area (Å²) in [5.41, 5.74) is 9.27. The molecule has 0 atom stereocenters. The van der Waals surface area contributed by atoms with Crippen LogP contribution in [-0.4, -0.2) is 0 Å². The molecular weight excluding hydrogens is 302 g/mol. The van der Waals surface area contributed by atoms with Gasteiger partial charge in [-0.05, 0) is 62.6 Å². The Hall–Kier alpha value is -2.67. The molecule has 4 rings (SSSR count). The molecule has 1 heteroatoms. The zero-order valence-electron chi connectivity index (χ0n) is 15.6. The van der Waals surface area contributed by atoms with Gasteiger partial charge in [-0.1, -0.05) is 35.9 Å². The van der Waals surface area contributed by atoms with Gasteiger partial charge in [-0.2, -0.15) is 4.57 Å². The van der Waals surface area contributed by atoms with Crippen LogP contribution in [0.4, 0.5) is 0 Å².